The number of amides is 1. The van der Waals surface area contributed by atoms with E-state index in [1.807, 2.05) is 4.90 Å². The minimum atomic E-state index is -0.316. The molecule has 0 spiro atoms. The van der Waals surface area contributed by atoms with Gasteiger partial charge in [0.2, 0.25) is 11.8 Å². The van der Waals surface area contributed by atoms with E-state index in [4.69, 9.17) is 15.0 Å². The third-order valence-corrected chi connectivity index (χ3v) is 2.82. The molecule has 1 saturated heterocycles. The molecule has 1 unspecified atom stereocenters. The molecule has 3 N–H and O–H groups in total. The van der Waals surface area contributed by atoms with Crippen molar-refractivity contribution in [2.75, 3.05) is 26.8 Å². The van der Waals surface area contributed by atoms with Crippen molar-refractivity contribution < 1.29 is 14.1 Å². The van der Waals surface area contributed by atoms with Crippen molar-refractivity contribution in [3.8, 4) is 0 Å². The summed E-state index contributed by atoms with van der Waals surface area (Å²) in [5.74, 6) is 0.859. The lowest BCUT2D eigenvalue weighted by Crippen LogP contribution is -2.52. The molecule has 1 atom stereocenters. The number of rotatable bonds is 4. The first-order valence-electron chi connectivity index (χ1n) is 5.79. The number of carbonyl (C=O) groups excluding carboxylic acids is 1. The summed E-state index contributed by atoms with van der Waals surface area (Å²) in [4.78, 5) is 17.8. The zero-order chi connectivity index (χ0) is 13.0. The predicted molar refractivity (Wildman–Crippen MR) is 61.3 cm³/mol. The fourth-order valence-electron chi connectivity index (χ4n) is 1.85. The minimum Gasteiger partial charge on any atom is -0.378 e. The number of carbonyl (C=O) groups is 1. The van der Waals surface area contributed by atoms with Gasteiger partial charge in [-0.1, -0.05) is 5.16 Å². The van der Waals surface area contributed by atoms with Crippen molar-refractivity contribution in [3.63, 3.8) is 0 Å². The molecule has 100 valence electrons. The number of hydrogen-bond acceptors (Lipinski definition) is 7. The summed E-state index contributed by atoms with van der Waals surface area (Å²) in [5.41, 5.74) is 5.40. The van der Waals surface area contributed by atoms with E-state index in [0.29, 0.717) is 38.0 Å². The van der Waals surface area contributed by atoms with Crippen LogP contribution in [-0.4, -0.2) is 53.8 Å². The summed E-state index contributed by atoms with van der Waals surface area (Å²) < 4.78 is 10.2. The Morgan fingerprint density at radius 1 is 1.67 bits per heavy atom. The van der Waals surface area contributed by atoms with Gasteiger partial charge < -0.3 is 20.3 Å². The van der Waals surface area contributed by atoms with E-state index in [1.54, 1.807) is 7.05 Å². The predicted octanol–water partition coefficient (Wildman–Crippen LogP) is -1.52. The average Bonchev–Trinajstić information content (AvgIpc) is 2.86. The Balaban J connectivity index is 2.02. The molecule has 8 nitrogen and oxygen atoms in total. The SMILES string of the molecule is CNC(=O)C1COCCN1Cc1noc(CN)n1. The molecule has 1 fully saturated rings. The van der Waals surface area contributed by atoms with Crippen LogP contribution in [0.2, 0.25) is 0 Å². The Labute approximate surface area is 104 Å². The first-order valence-corrected chi connectivity index (χ1v) is 5.79. The van der Waals surface area contributed by atoms with Gasteiger partial charge in [0.1, 0.15) is 6.04 Å². The number of aromatic nitrogens is 2. The zero-order valence-electron chi connectivity index (χ0n) is 10.3. The third kappa shape index (κ3) is 2.84. The molecular weight excluding hydrogens is 238 g/mol. The second-order valence-corrected chi connectivity index (χ2v) is 3.98. The summed E-state index contributed by atoms with van der Waals surface area (Å²) in [6.45, 7) is 2.29. The van der Waals surface area contributed by atoms with E-state index >= 15 is 0 Å². The van der Waals surface area contributed by atoms with Gasteiger partial charge >= 0.3 is 0 Å². The van der Waals surface area contributed by atoms with E-state index in [1.165, 1.54) is 0 Å². The zero-order valence-corrected chi connectivity index (χ0v) is 10.3. The summed E-state index contributed by atoms with van der Waals surface area (Å²) >= 11 is 0. The number of hydrogen-bond donors (Lipinski definition) is 2. The molecule has 8 heteroatoms. The molecule has 1 aliphatic rings. The van der Waals surface area contributed by atoms with Crippen molar-refractivity contribution in [1.82, 2.24) is 20.4 Å². The van der Waals surface area contributed by atoms with Crippen LogP contribution < -0.4 is 11.1 Å². The standard InChI is InChI=1S/C10H17N5O3/c1-12-10(16)7-6-17-3-2-15(7)5-8-13-9(4-11)18-14-8/h7H,2-6,11H2,1H3,(H,12,16). The van der Waals surface area contributed by atoms with Crippen LogP contribution in [0, 0.1) is 0 Å². The van der Waals surface area contributed by atoms with Crippen molar-refractivity contribution >= 4 is 5.91 Å². The van der Waals surface area contributed by atoms with Crippen LogP contribution in [0.3, 0.4) is 0 Å². The van der Waals surface area contributed by atoms with E-state index in [2.05, 4.69) is 15.5 Å². The monoisotopic (exact) mass is 255 g/mol. The first-order chi connectivity index (χ1) is 8.74. The van der Waals surface area contributed by atoms with Crippen molar-refractivity contribution in [2.45, 2.75) is 19.1 Å². The lowest BCUT2D eigenvalue weighted by molar-refractivity contribution is -0.132. The lowest BCUT2D eigenvalue weighted by atomic mass is 10.2. The fourth-order valence-corrected chi connectivity index (χ4v) is 1.85. The summed E-state index contributed by atoms with van der Waals surface area (Å²) in [6.07, 6.45) is 0. The van der Waals surface area contributed by atoms with Gasteiger partial charge in [-0.15, -0.1) is 0 Å². The van der Waals surface area contributed by atoms with Crippen LogP contribution in [0.25, 0.3) is 0 Å². The van der Waals surface area contributed by atoms with Crippen LogP contribution in [0.5, 0.6) is 0 Å². The smallest absolute Gasteiger partial charge is 0.240 e. The number of likely N-dealkylation sites (N-methyl/N-ethyl adjacent to an activating group) is 1. The van der Waals surface area contributed by atoms with E-state index in [0.717, 1.165) is 0 Å². The highest BCUT2D eigenvalue weighted by Gasteiger charge is 2.29. The second kappa shape index (κ2) is 5.89. The quantitative estimate of drug-likeness (QED) is 0.672. The Morgan fingerprint density at radius 2 is 2.50 bits per heavy atom. The first kappa shape index (κ1) is 12.9. The Hall–Kier alpha value is -1.51. The maximum absolute atomic E-state index is 11.7. The van der Waals surface area contributed by atoms with Gasteiger partial charge in [-0.3, -0.25) is 9.69 Å². The maximum Gasteiger partial charge on any atom is 0.240 e. The van der Waals surface area contributed by atoms with Gasteiger partial charge in [0.05, 0.1) is 26.3 Å². The molecule has 1 aromatic heterocycles. The molecule has 1 amide bonds. The summed E-state index contributed by atoms with van der Waals surface area (Å²) in [7, 11) is 1.61. The largest absolute Gasteiger partial charge is 0.378 e. The average molecular weight is 255 g/mol. The van der Waals surface area contributed by atoms with Crippen LogP contribution in [0.4, 0.5) is 0 Å². The molecule has 18 heavy (non-hydrogen) atoms. The van der Waals surface area contributed by atoms with E-state index in [9.17, 15) is 4.79 Å². The van der Waals surface area contributed by atoms with Crippen LogP contribution >= 0.6 is 0 Å². The topological polar surface area (TPSA) is 107 Å². The Morgan fingerprint density at radius 3 is 3.17 bits per heavy atom. The van der Waals surface area contributed by atoms with Gasteiger partial charge in [-0.05, 0) is 0 Å². The van der Waals surface area contributed by atoms with Crippen LogP contribution in [0.1, 0.15) is 11.7 Å². The summed E-state index contributed by atoms with van der Waals surface area (Å²) in [5, 5.41) is 6.44. The Kier molecular flexibility index (Phi) is 4.24. The van der Waals surface area contributed by atoms with Crippen molar-refractivity contribution in [3.05, 3.63) is 11.7 Å². The number of nitrogens with zero attached hydrogens (tertiary/aromatic N) is 3. The highest BCUT2D eigenvalue weighted by molar-refractivity contribution is 5.81. The molecule has 0 aliphatic carbocycles. The molecule has 2 rings (SSSR count). The number of morpholine rings is 1. The molecule has 0 saturated carbocycles. The van der Waals surface area contributed by atoms with E-state index in [-0.39, 0.29) is 18.5 Å². The molecule has 1 aromatic rings. The van der Waals surface area contributed by atoms with Gasteiger partial charge in [0, 0.05) is 13.6 Å². The Bertz CT molecular complexity index is 408. The van der Waals surface area contributed by atoms with Gasteiger partial charge in [-0.25, -0.2) is 0 Å². The highest BCUT2D eigenvalue weighted by atomic mass is 16.5. The molecular formula is C10H17N5O3. The van der Waals surface area contributed by atoms with E-state index < -0.39 is 0 Å². The van der Waals surface area contributed by atoms with Gasteiger partial charge in [0.15, 0.2) is 5.82 Å². The summed E-state index contributed by atoms with van der Waals surface area (Å²) in [6, 6.07) is -0.316. The van der Waals surface area contributed by atoms with Crippen molar-refractivity contribution in [2.24, 2.45) is 5.73 Å². The van der Waals surface area contributed by atoms with Crippen LogP contribution in [0.15, 0.2) is 4.52 Å². The second-order valence-electron chi connectivity index (χ2n) is 3.98. The number of ether oxygens (including phenoxy) is 1. The third-order valence-electron chi connectivity index (χ3n) is 2.82. The number of nitrogens with one attached hydrogen (secondary N) is 1. The minimum absolute atomic E-state index is 0.0720. The number of nitrogens with two attached hydrogens (primary N) is 1. The van der Waals surface area contributed by atoms with Gasteiger partial charge in [-0.2, -0.15) is 4.98 Å². The lowest BCUT2D eigenvalue weighted by Gasteiger charge is -2.33. The van der Waals surface area contributed by atoms with Gasteiger partial charge in [0.25, 0.3) is 0 Å². The molecule has 0 radical (unpaired) electrons. The fraction of sp³-hybridized carbons (Fsp3) is 0.700. The molecule has 0 aromatic carbocycles. The molecule has 2 heterocycles. The highest BCUT2D eigenvalue weighted by Crippen LogP contribution is 2.11. The molecule has 1 aliphatic heterocycles. The van der Waals surface area contributed by atoms with Crippen LogP contribution in [-0.2, 0) is 22.6 Å². The van der Waals surface area contributed by atoms with Crippen molar-refractivity contribution in [1.29, 1.82) is 0 Å². The normalized spacial score (nSPS) is 20.9. The maximum atomic E-state index is 11.7. The molecule has 0 bridgehead atoms.